The summed E-state index contributed by atoms with van der Waals surface area (Å²) in [6, 6.07) is 26.7. The first-order valence-electron chi connectivity index (χ1n) is 9.27. The largest absolute Gasteiger partial charge is 0.387 e. The highest BCUT2D eigenvalue weighted by atomic mass is 31.1. The predicted molar refractivity (Wildman–Crippen MR) is 110 cm³/mol. The molecule has 4 heterocycles. The van der Waals surface area contributed by atoms with Crippen molar-refractivity contribution in [3.8, 4) is 11.3 Å². The first kappa shape index (κ1) is 14.3. The lowest BCUT2D eigenvalue weighted by atomic mass is 9.71. The number of nitrogens with zero attached hydrogens (tertiary/aromatic N) is 2. The van der Waals surface area contributed by atoms with Crippen LogP contribution in [0.15, 0.2) is 83.6 Å². The topological polar surface area (TPSA) is 20.3 Å². The molecule has 1 aromatic heterocycles. The highest BCUT2D eigenvalue weighted by Crippen LogP contribution is 2.55. The van der Waals surface area contributed by atoms with Crippen molar-refractivity contribution in [1.82, 2.24) is 0 Å². The highest BCUT2D eigenvalue weighted by Gasteiger charge is 2.54. The van der Waals surface area contributed by atoms with Crippen LogP contribution in [0.5, 0.6) is 0 Å². The maximum Gasteiger partial charge on any atom is 0.337 e. The fraction of sp³-hybridized carbons (Fsp3) is 0.0455. The Morgan fingerprint density at radius 2 is 1.78 bits per heavy atom. The van der Waals surface area contributed by atoms with Gasteiger partial charge in [-0.3, -0.25) is 0 Å². The van der Waals surface area contributed by atoms with Gasteiger partial charge >= 0.3 is 13.0 Å². The summed E-state index contributed by atoms with van der Waals surface area (Å²) in [6.45, 7) is 1.20. The van der Waals surface area contributed by atoms with Crippen molar-refractivity contribution < 1.29 is 8.98 Å². The molecule has 0 saturated heterocycles. The molecule has 0 amide bonds. The fourth-order valence-corrected chi connectivity index (χ4v) is 7.89. The van der Waals surface area contributed by atoms with E-state index in [2.05, 4.69) is 82.2 Å². The van der Waals surface area contributed by atoms with E-state index in [1.54, 1.807) is 0 Å². The van der Waals surface area contributed by atoms with Crippen LogP contribution in [0, 0.1) is 0 Å². The number of anilines is 2. The minimum Gasteiger partial charge on any atom is -0.387 e. The minimum atomic E-state index is -0.538. The molecule has 4 aromatic rings. The van der Waals surface area contributed by atoms with Gasteiger partial charge < -0.3 is 9.23 Å². The third-order valence-electron chi connectivity index (χ3n) is 5.96. The quantitative estimate of drug-likeness (QED) is 0.259. The van der Waals surface area contributed by atoms with Crippen molar-refractivity contribution in [2.75, 3.05) is 4.81 Å². The summed E-state index contributed by atoms with van der Waals surface area (Å²) in [4.78, 5) is 2.46. The van der Waals surface area contributed by atoms with E-state index in [1.165, 1.54) is 38.6 Å². The molecule has 5 heteroatoms. The molecule has 3 aromatic carbocycles. The second kappa shape index (κ2) is 4.91. The summed E-state index contributed by atoms with van der Waals surface area (Å²) in [5.41, 5.74) is 6.80. The Morgan fingerprint density at radius 1 is 0.926 bits per heavy atom. The van der Waals surface area contributed by atoms with Crippen molar-refractivity contribution in [2.45, 2.75) is 6.54 Å². The van der Waals surface area contributed by atoms with E-state index in [9.17, 15) is 0 Å². The third-order valence-corrected chi connectivity index (χ3v) is 8.71. The normalized spacial score (nSPS) is 17.7. The van der Waals surface area contributed by atoms with Crippen molar-refractivity contribution >= 4 is 42.0 Å². The van der Waals surface area contributed by atoms with Crippen LogP contribution in [0.25, 0.3) is 11.3 Å². The Kier molecular flexibility index (Phi) is 2.59. The van der Waals surface area contributed by atoms with Crippen LogP contribution in [-0.4, -0.2) is 6.57 Å². The molecule has 0 bridgehead atoms. The van der Waals surface area contributed by atoms with Crippen molar-refractivity contribution in [2.24, 2.45) is 0 Å². The van der Waals surface area contributed by atoms with Crippen LogP contribution in [0.3, 0.4) is 0 Å². The predicted octanol–water partition coefficient (Wildman–Crippen LogP) is 2.89. The summed E-state index contributed by atoms with van der Waals surface area (Å²) in [6.07, 6.45) is 1.89. The Morgan fingerprint density at radius 3 is 2.70 bits per heavy atom. The maximum absolute atomic E-state index is 6.14. The molecule has 1 unspecified atom stereocenters. The van der Waals surface area contributed by atoms with E-state index in [4.69, 9.17) is 4.42 Å². The Balaban J connectivity index is 1.59. The van der Waals surface area contributed by atoms with Crippen LogP contribution in [0.4, 0.5) is 11.6 Å². The molecule has 3 nitrogen and oxygen atoms in total. The smallest absolute Gasteiger partial charge is 0.337 e. The zero-order valence-corrected chi connectivity index (χ0v) is 15.4. The molecule has 0 aliphatic carbocycles. The lowest BCUT2D eigenvalue weighted by molar-refractivity contribution is -0.675. The third kappa shape index (κ3) is 1.66. The second-order valence-corrected chi connectivity index (χ2v) is 9.55. The first-order chi connectivity index (χ1) is 13.4. The second-order valence-electron chi connectivity index (χ2n) is 7.32. The van der Waals surface area contributed by atoms with Gasteiger partial charge in [-0.05, 0) is 29.9 Å². The molecule has 0 radical (unpaired) electrons. The van der Waals surface area contributed by atoms with E-state index in [-0.39, 0.29) is 0 Å². The highest BCUT2D eigenvalue weighted by molar-refractivity contribution is 8.04. The summed E-state index contributed by atoms with van der Waals surface area (Å²) in [5, 5.41) is 2.86. The standard InChI is InChI=1S/C22H15BN2OP/c1-2-8-16(9-3-1)27-19-12-5-4-11-18(19)25-22-21-20-15(13-24(21)14-26-22)7-6-10-17(20)23(25)27/h1-12,14H,13H2/q+1. The Hall–Kier alpha value is -2.84. The van der Waals surface area contributed by atoms with Gasteiger partial charge in [-0.1, -0.05) is 66.7 Å². The van der Waals surface area contributed by atoms with Gasteiger partial charge in [-0.25, -0.2) is 0 Å². The van der Waals surface area contributed by atoms with Gasteiger partial charge in [0.15, 0.2) is 6.54 Å². The number of fused-ring (bicyclic) bond motifs is 5. The number of hydrogen-bond acceptors (Lipinski definition) is 2. The number of para-hydroxylation sites is 1. The van der Waals surface area contributed by atoms with Crippen LogP contribution in [0.1, 0.15) is 5.56 Å². The summed E-state index contributed by atoms with van der Waals surface area (Å²) >= 11 is 0. The van der Waals surface area contributed by atoms with Gasteiger partial charge in [0.05, 0.1) is 5.56 Å². The number of hydrogen-bond donors (Lipinski definition) is 0. The van der Waals surface area contributed by atoms with E-state index in [0.717, 1.165) is 12.4 Å². The monoisotopic (exact) mass is 365 g/mol. The summed E-state index contributed by atoms with van der Waals surface area (Å²) in [5.74, 6) is 1.01. The maximum atomic E-state index is 6.14. The zero-order valence-electron chi connectivity index (χ0n) is 14.5. The molecular formula is C22H15BN2OP+. The molecular weight excluding hydrogens is 350 g/mol. The van der Waals surface area contributed by atoms with Crippen molar-refractivity contribution in [1.29, 1.82) is 0 Å². The molecule has 7 rings (SSSR count). The molecule has 3 aliphatic rings. The summed E-state index contributed by atoms with van der Waals surface area (Å²) < 4.78 is 8.40. The first-order valence-corrected chi connectivity index (χ1v) is 10.7. The fourth-order valence-electron chi connectivity index (χ4n) is 4.94. The number of aromatic nitrogens is 1. The van der Waals surface area contributed by atoms with Crippen molar-refractivity contribution in [3.63, 3.8) is 0 Å². The number of benzene rings is 3. The lowest BCUT2D eigenvalue weighted by Gasteiger charge is -2.29. The molecule has 1 atom stereocenters. The van der Waals surface area contributed by atoms with E-state index in [1.807, 2.05) is 6.39 Å². The van der Waals surface area contributed by atoms with Crippen LogP contribution < -0.4 is 25.4 Å². The minimum absolute atomic E-state index is 0.292. The Labute approximate surface area is 158 Å². The van der Waals surface area contributed by atoms with Gasteiger partial charge in [-0.15, -0.1) is 0 Å². The summed E-state index contributed by atoms with van der Waals surface area (Å²) in [7, 11) is -0.538. The van der Waals surface area contributed by atoms with E-state index in [0.29, 0.717) is 6.57 Å². The Bertz CT molecular complexity index is 1240. The van der Waals surface area contributed by atoms with E-state index >= 15 is 0 Å². The molecule has 0 saturated carbocycles. The average Bonchev–Trinajstić information content (AvgIpc) is 3.38. The molecule has 27 heavy (non-hydrogen) atoms. The SMILES string of the molecule is c1ccc(P2B3c4cccc5c4-c4c(oc[n+]4C5)N3c3ccccc32)cc1. The van der Waals surface area contributed by atoms with Gasteiger partial charge in [0.25, 0.3) is 11.6 Å². The lowest BCUT2D eigenvalue weighted by Crippen LogP contribution is -2.47. The molecule has 3 aliphatic heterocycles. The van der Waals surface area contributed by atoms with Gasteiger partial charge in [0, 0.05) is 11.3 Å². The van der Waals surface area contributed by atoms with Crippen molar-refractivity contribution in [3.05, 3.63) is 84.8 Å². The van der Waals surface area contributed by atoms with Gasteiger partial charge in [0.2, 0.25) is 0 Å². The van der Waals surface area contributed by atoms with E-state index < -0.39 is 7.80 Å². The van der Waals surface area contributed by atoms with Crippen LogP contribution in [0.2, 0.25) is 0 Å². The molecule has 0 spiro atoms. The molecule has 126 valence electrons. The van der Waals surface area contributed by atoms with Crippen LogP contribution in [-0.2, 0) is 6.54 Å². The number of oxazole rings is 1. The van der Waals surface area contributed by atoms with Crippen LogP contribution >= 0.6 is 7.80 Å². The molecule has 0 fully saturated rings. The number of rotatable bonds is 1. The van der Waals surface area contributed by atoms with Gasteiger partial charge in [0.1, 0.15) is 0 Å². The average molecular weight is 365 g/mol. The zero-order chi connectivity index (χ0) is 17.5. The van der Waals surface area contributed by atoms with Gasteiger partial charge in [-0.2, -0.15) is 4.57 Å². The molecule has 0 N–H and O–H groups in total.